The second-order valence-corrected chi connectivity index (χ2v) is 8.52. The minimum absolute atomic E-state index is 0.122. The van der Waals surface area contributed by atoms with Gasteiger partial charge in [-0.15, -0.1) is 10.2 Å². The summed E-state index contributed by atoms with van der Waals surface area (Å²) >= 11 is 1.33. The predicted octanol–water partition coefficient (Wildman–Crippen LogP) is 4.86. The molecule has 0 saturated carbocycles. The number of para-hydroxylation sites is 2. The molecule has 0 saturated heterocycles. The molecule has 0 spiro atoms. The molecular formula is C25H22N6O2S. The molecule has 0 atom stereocenters. The number of fused-ring (bicyclic) bond motifs is 1. The number of carbonyl (C=O) groups excluding carboxylic acids is 1. The van der Waals surface area contributed by atoms with Crippen molar-refractivity contribution >= 4 is 34.4 Å². The number of aromatic nitrogens is 5. The summed E-state index contributed by atoms with van der Waals surface area (Å²) in [7, 11) is 1.63. The number of aromatic amines is 1. The number of benzene rings is 3. The number of carbonyl (C=O) groups is 1. The van der Waals surface area contributed by atoms with Gasteiger partial charge in [-0.1, -0.05) is 23.9 Å². The molecule has 2 aromatic heterocycles. The number of nitrogens with zero attached hydrogens (tertiary/aromatic N) is 4. The van der Waals surface area contributed by atoms with Crippen LogP contribution in [0.3, 0.4) is 0 Å². The molecule has 0 aliphatic heterocycles. The number of H-pyrrole nitrogens is 1. The highest BCUT2D eigenvalue weighted by atomic mass is 32.2. The molecule has 8 nitrogen and oxygen atoms in total. The Labute approximate surface area is 200 Å². The number of imidazole rings is 1. The van der Waals surface area contributed by atoms with Crippen LogP contribution >= 0.6 is 11.8 Å². The Balaban J connectivity index is 1.23. The SMILES string of the molecule is COc1ccc(-n2c(C)nnc2SCC(=O)Nc2ccc(-c3nc4ccccc4[nH]3)cc2)cc1. The number of hydrogen-bond acceptors (Lipinski definition) is 6. The Kier molecular flexibility index (Phi) is 6.01. The van der Waals surface area contributed by atoms with Gasteiger partial charge in [0.25, 0.3) is 0 Å². The fourth-order valence-electron chi connectivity index (χ4n) is 3.59. The summed E-state index contributed by atoms with van der Waals surface area (Å²) in [5.74, 6) is 2.40. The first-order valence-electron chi connectivity index (χ1n) is 10.6. The second-order valence-electron chi connectivity index (χ2n) is 7.58. The zero-order valence-corrected chi connectivity index (χ0v) is 19.5. The maximum absolute atomic E-state index is 12.6. The van der Waals surface area contributed by atoms with Crippen LogP contribution < -0.4 is 10.1 Å². The number of methoxy groups -OCH3 is 1. The molecule has 3 aromatic carbocycles. The molecule has 0 aliphatic rings. The van der Waals surface area contributed by atoms with Gasteiger partial charge >= 0.3 is 0 Å². The Morgan fingerprint density at radius 1 is 1.03 bits per heavy atom. The van der Waals surface area contributed by atoms with E-state index in [2.05, 4.69) is 25.5 Å². The van der Waals surface area contributed by atoms with Gasteiger partial charge in [0.15, 0.2) is 5.16 Å². The Bertz CT molecular complexity index is 1410. The molecule has 0 aliphatic carbocycles. The molecule has 0 bridgehead atoms. The molecule has 5 rings (SSSR count). The van der Waals surface area contributed by atoms with E-state index in [4.69, 9.17) is 4.74 Å². The third-order valence-electron chi connectivity index (χ3n) is 5.29. The number of amides is 1. The molecule has 9 heteroatoms. The smallest absolute Gasteiger partial charge is 0.234 e. The maximum Gasteiger partial charge on any atom is 0.234 e. The van der Waals surface area contributed by atoms with Crippen LogP contribution in [0.1, 0.15) is 5.82 Å². The lowest BCUT2D eigenvalue weighted by Crippen LogP contribution is -2.14. The highest BCUT2D eigenvalue weighted by Crippen LogP contribution is 2.25. The van der Waals surface area contributed by atoms with E-state index < -0.39 is 0 Å². The van der Waals surface area contributed by atoms with Crippen molar-refractivity contribution in [2.24, 2.45) is 0 Å². The zero-order valence-electron chi connectivity index (χ0n) is 18.6. The normalized spacial score (nSPS) is 11.0. The van der Waals surface area contributed by atoms with Crippen LogP contribution in [0.15, 0.2) is 78.0 Å². The third-order valence-corrected chi connectivity index (χ3v) is 6.22. The standard InChI is InChI=1S/C25H22N6O2S/c1-16-29-30-25(31(16)19-11-13-20(33-2)14-12-19)34-15-23(32)26-18-9-7-17(8-10-18)24-27-21-5-3-4-6-22(21)28-24/h3-14H,15H2,1-2H3,(H,26,32)(H,27,28). The van der Waals surface area contributed by atoms with Gasteiger partial charge in [0, 0.05) is 16.9 Å². The molecule has 1 amide bonds. The topological polar surface area (TPSA) is 97.7 Å². The van der Waals surface area contributed by atoms with Crippen molar-refractivity contribution < 1.29 is 9.53 Å². The first kappa shape index (κ1) is 21.7. The summed E-state index contributed by atoms with van der Waals surface area (Å²) in [6.45, 7) is 1.88. The van der Waals surface area contributed by atoms with Crippen LogP contribution in [0.4, 0.5) is 5.69 Å². The molecule has 0 radical (unpaired) electrons. The summed E-state index contributed by atoms with van der Waals surface area (Å²) in [5.41, 5.74) is 4.49. The van der Waals surface area contributed by atoms with Crippen LogP contribution in [-0.4, -0.2) is 43.5 Å². The number of hydrogen-bond donors (Lipinski definition) is 2. The number of ether oxygens (including phenoxy) is 1. The molecular weight excluding hydrogens is 448 g/mol. The molecule has 0 fully saturated rings. The quantitative estimate of drug-likeness (QED) is 0.330. The van der Waals surface area contributed by atoms with Crippen LogP contribution in [0.2, 0.25) is 0 Å². The van der Waals surface area contributed by atoms with Crippen molar-refractivity contribution in [2.75, 3.05) is 18.2 Å². The van der Waals surface area contributed by atoms with E-state index in [1.165, 1.54) is 11.8 Å². The van der Waals surface area contributed by atoms with E-state index in [0.717, 1.165) is 45.4 Å². The lowest BCUT2D eigenvalue weighted by Gasteiger charge is -2.09. The highest BCUT2D eigenvalue weighted by Gasteiger charge is 2.14. The summed E-state index contributed by atoms with van der Waals surface area (Å²) in [5, 5.41) is 12.0. The number of thioether (sulfide) groups is 1. The lowest BCUT2D eigenvalue weighted by molar-refractivity contribution is -0.113. The van der Waals surface area contributed by atoms with Crippen molar-refractivity contribution in [3.8, 4) is 22.8 Å². The van der Waals surface area contributed by atoms with Gasteiger partial charge in [-0.05, 0) is 67.6 Å². The van der Waals surface area contributed by atoms with Gasteiger partial charge in [0.1, 0.15) is 17.4 Å². The Morgan fingerprint density at radius 3 is 2.53 bits per heavy atom. The van der Waals surface area contributed by atoms with Crippen LogP contribution in [0.25, 0.3) is 28.1 Å². The van der Waals surface area contributed by atoms with Crippen LogP contribution in [0.5, 0.6) is 5.75 Å². The molecule has 170 valence electrons. The number of nitrogens with one attached hydrogen (secondary N) is 2. The molecule has 2 heterocycles. The summed E-state index contributed by atoms with van der Waals surface area (Å²) in [6.07, 6.45) is 0. The Morgan fingerprint density at radius 2 is 1.79 bits per heavy atom. The summed E-state index contributed by atoms with van der Waals surface area (Å²) in [6, 6.07) is 23.1. The molecule has 34 heavy (non-hydrogen) atoms. The fraction of sp³-hybridized carbons (Fsp3) is 0.120. The van der Waals surface area contributed by atoms with Crippen molar-refractivity contribution in [3.63, 3.8) is 0 Å². The van der Waals surface area contributed by atoms with Crippen molar-refractivity contribution in [1.82, 2.24) is 24.7 Å². The van der Waals surface area contributed by atoms with Crippen LogP contribution in [0, 0.1) is 6.92 Å². The zero-order chi connectivity index (χ0) is 23.5. The van der Waals surface area contributed by atoms with Crippen molar-refractivity contribution in [1.29, 1.82) is 0 Å². The first-order valence-corrected chi connectivity index (χ1v) is 11.6. The van der Waals surface area contributed by atoms with Crippen molar-refractivity contribution in [2.45, 2.75) is 12.1 Å². The lowest BCUT2D eigenvalue weighted by atomic mass is 10.2. The fourth-order valence-corrected chi connectivity index (χ4v) is 4.39. The molecule has 2 N–H and O–H groups in total. The molecule has 0 unspecified atom stereocenters. The highest BCUT2D eigenvalue weighted by molar-refractivity contribution is 7.99. The van der Waals surface area contributed by atoms with Gasteiger partial charge in [-0.25, -0.2) is 4.98 Å². The predicted molar refractivity (Wildman–Crippen MR) is 134 cm³/mol. The van der Waals surface area contributed by atoms with Gasteiger partial charge in [0.05, 0.1) is 23.9 Å². The minimum Gasteiger partial charge on any atom is -0.497 e. The van der Waals surface area contributed by atoms with Gasteiger partial charge in [-0.2, -0.15) is 0 Å². The number of aryl methyl sites for hydroxylation is 1. The minimum atomic E-state index is -0.122. The second kappa shape index (κ2) is 9.40. The van der Waals surface area contributed by atoms with E-state index in [1.54, 1.807) is 7.11 Å². The monoisotopic (exact) mass is 470 g/mol. The van der Waals surface area contributed by atoms with E-state index in [1.807, 2.05) is 84.3 Å². The summed E-state index contributed by atoms with van der Waals surface area (Å²) < 4.78 is 7.14. The number of anilines is 1. The van der Waals surface area contributed by atoms with E-state index >= 15 is 0 Å². The van der Waals surface area contributed by atoms with Crippen LogP contribution in [-0.2, 0) is 4.79 Å². The van der Waals surface area contributed by atoms with E-state index in [-0.39, 0.29) is 11.7 Å². The number of rotatable bonds is 7. The van der Waals surface area contributed by atoms with Crippen molar-refractivity contribution in [3.05, 3.63) is 78.6 Å². The average molecular weight is 471 g/mol. The van der Waals surface area contributed by atoms with E-state index in [9.17, 15) is 4.79 Å². The van der Waals surface area contributed by atoms with Gasteiger partial charge < -0.3 is 15.0 Å². The summed E-state index contributed by atoms with van der Waals surface area (Å²) in [4.78, 5) is 20.5. The maximum atomic E-state index is 12.6. The first-order chi connectivity index (χ1) is 16.6. The average Bonchev–Trinajstić information content (AvgIpc) is 3.46. The Hall–Kier alpha value is -4.11. The molecule has 5 aromatic rings. The van der Waals surface area contributed by atoms with Gasteiger partial charge in [-0.3, -0.25) is 9.36 Å². The van der Waals surface area contributed by atoms with E-state index in [0.29, 0.717) is 5.16 Å². The van der Waals surface area contributed by atoms with Gasteiger partial charge in [0.2, 0.25) is 5.91 Å². The third kappa shape index (κ3) is 4.51. The largest absolute Gasteiger partial charge is 0.497 e.